The molecule has 1 aliphatic rings. The highest BCUT2D eigenvalue weighted by atomic mass is 32.1. The second-order valence-corrected chi connectivity index (χ2v) is 8.16. The van der Waals surface area contributed by atoms with E-state index < -0.39 is 6.10 Å². The van der Waals surface area contributed by atoms with Gasteiger partial charge in [-0.3, -0.25) is 15.0 Å². The Hall–Kier alpha value is -2.90. The van der Waals surface area contributed by atoms with Gasteiger partial charge in [0.2, 0.25) is 0 Å². The summed E-state index contributed by atoms with van der Waals surface area (Å²) in [5.74, 6) is 1.37. The number of carbonyl (C=O) groups excluding carboxylic acids is 1. The van der Waals surface area contributed by atoms with Crippen molar-refractivity contribution in [1.82, 2.24) is 9.88 Å². The maximum Gasteiger partial charge on any atom is 0.266 e. The highest BCUT2D eigenvalue weighted by Crippen LogP contribution is 2.25. The number of hydrogen-bond donors (Lipinski definition) is 1. The summed E-state index contributed by atoms with van der Waals surface area (Å²) in [4.78, 5) is 19.4. The fourth-order valence-electron chi connectivity index (χ4n) is 3.48. The summed E-state index contributed by atoms with van der Waals surface area (Å²) in [6.07, 6.45) is 0.393. The quantitative estimate of drug-likeness (QED) is 0.619. The van der Waals surface area contributed by atoms with E-state index in [-0.39, 0.29) is 5.91 Å². The molecule has 2 aromatic carbocycles. The number of carbonyl (C=O) groups is 1. The molecule has 1 aliphatic heterocycles. The number of nitrogens with zero attached hydrogens (tertiary/aromatic N) is 2. The lowest BCUT2D eigenvalue weighted by Gasteiger charge is -2.28. The minimum atomic E-state index is -0.602. The number of amides is 1. The minimum Gasteiger partial charge on any atom is -0.497 e. The highest BCUT2D eigenvalue weighted by molar-refractivity contribution is 7.13. The van der Waals surface area contributed by atoms with Crippen LogP contribution in [0.25, 0.3) is 0 Å². The van der Waals surface area contributed by atoms with Crippen molar-refractivity contribution in [3.05, 3.63) is 70.7 Å². The van der Waals surface area contributed by atoms with Crippen molar-refractivity contribution in [3.8, 4) is 11.5 Å². The zero-order chi connectivity index (χ0) is 20.9. The molecule has 0 spiro atoms. The molecular weight excluding hydrogens is 398 g/mol. The third-order valence-electron chi connectivity index (χ3n) is 5.10. The smallest absolute Gasteiger partial charge is 0.266 e. The van der Waals surface area contributed by atoms with E-state index in [9.17, 15) is 4.79 Å². The number of anilines is 1. The molecule has 1 atom stereocenters. The van der Waals surface area contributed by atoms with E-state index in [4.69, 9.17) is 9.47 Å². The van der Waals surface area contributed by atoms with Crippen molar-refractivity contribution in [2.75, 3.05) is 19.0 Å². The van der Waals surface area contributed by atoms with Gasteiger partial charge >= 0.3 is 0 Å². The first-order chi connectivity index (χ1) is 14.6. The summed E-state index contributed by atoms with van der Waals surface area (Å²) >= 11 is 1.44. The fraction of sp³-hybridized carbons (Fsp3) is 0.304. The summed E-state index contributed by atoms with van der Waals surface area (Å²) in [7, 11) is 1.70. The Balaban J connectivity index is 1.31. The predicted octanol–water partition coefficient (Wildman–Crippen LogP) is 4.12. The van der Waals surface area contributed by atoms with Gasteiger partial charge in [0.15, 0.2) is 11.2 Å². The first-order valence-corrected chi connectivity index (χ1v) is 10.8. The van der Waals surface area contributed by atoms with Gasteiger partial charge in [0, 0.05) is 25.0 Å². The lowest BCUT2D eigenvalue weighted by atomic mass is 9.99. The van der Waals surface area contributed by atoms with Crippen molar-refractivity contribution in [2.24, 2.45) is 0 Å². The van der Waals surface area contributed by atoms with Gasteiger partial charge in [-0.05, 0) is 48.7 Å². The van der Waals surface area contributed by atoms with E-state index >= 15 is 0 Å². The number of rotatable bonds is 7. The first kappa shape index (κ1) is 20.4. The van der Waals surface area contributed by atoms with Crippen LogP contribution in [0.3, 0.4) is 0 Å². The van der Waals surface area contributed by atoms with Crippen LogP contribution in [0.5, 0.6) is 11.5 Å². The molecule has 3 aromatic rings. The molecule has 156 valence electrons. The van der Waals surface area contributed by atoms with E-state index in [0.29, 0.717) is 10.9 Å². The largest absolute Gasteiger partial charge is 0.497 e. The van der Waals surface area contributed by atoms with Gasteiger partial charge in [-0.1, -0.05) is 24.3 Å². The number of aromatic nitrogens is 1. The van der Waals surface area contributed by atoms with Gasteiger partial charge in [-0.25, -0.2) is 4.98 Å². The Morgan fingerprint density at radius 2 is 2.03 bits per heavy atom. The summed E-state index contributed by atoms with van der Waals surface area (Å²) in [6, 6.07) is 15.6. The number of hydrogen-bond acceptors (Lipinski definition) is 6. The van der Waals surface area contributed by atoms with Crippen LogP contribution in [-0.4, -0.2) is 35.5 Å². The van der Waals surface area contributed by atoms with E-state index in [1.165, 1.54) is 22.5 Å². The molecule has 0 bridgehead atoms. The van der Waals surface area contributed by atoms with Crippen LogP contribution in [-0.2, 0) is 24.3 Å². The molecule has 0 saturated carbocycles. The molecular formula is C23H25N3O3S. The molecule has 30 heavy (non-hydrogen) atoms. The Bertz CT molecular complexity index is 1010. The Labute approximate surface area is 180 Å². The molecule has 6 nitrogen and oxygen atoms in total. The van der Waals surface area contributed by atoms with Gasteiger partial charge in [-0.2, -0.15) is 0 Å². The number of para-hydroxylation sites is 1. The summed E-state index contributed by atoms with van der Waals surface area (Å²) in [5.41, 5.74) is 3.64. The zero-order valence-electron chi connectivity index (χ0n) is 17.1. The van der Waals surface area contributed by atoms with Gasteiger partial charge in [-0.15, -0.1) is 11.3 Å². The Kier molecular flexibility index (Phi) is 6.30. The molecule has 2 heterocycles. The second-order valence-electron chi connectivity index (χ2n) is 7.30. The first-order valence-electron chi connectivity index (χ1n) is 9.96. The summed E-state index contributed by atoms with van der Waals surface area (Å²) in [6.45, 7) is 4.35. The molecule has 0 radical (unpaired) electrons. The number of nitrogens with one attached hydrogen (secondary N) is 1. The number of fused-ring (bicyclic) bond motifs is 1. The van der Waals surface area contributed by atoms with Crippen LogP contribution in [0, 0.1) is 0 Å². The molecule has 1 amide bonds. The summed E-state index contributed by atoms with van der Waals surface area (Å²) < 4.78 is 11.0. The Morgan fingerprint density at radius 3 is 2.83 bits per heavy atom. The number of thiazole rings is 1. The topological polar surface area (TPSA) is 63.7 Å². The van der Waals surface area contributed by atoms with Gasteiger partial charge < -0.3 is 9.47 Å². The molecule has 0 saturated heterocycles. The van der Waals surface area contributed by atoms with E-state index in [2.05, 4.69) is 27.3 Å². The van der Waals surface area contributed by atoms with Crippen molar-refractivity contribution in [3.63, 3.8) is 0 Å². The molecule has 4 rings (SSSR count). The number of benzene rings is 2. The van der Waals surface area contributed by atoms with Crippen molar-refractivity contribution in [2.45, 2.75) is 32.5 Å². The van der Waals surface area contributed by atoms with Crippen LogP contribution in [0.15, 0.2) is 53.9 Å². The average Bonchev–Trinajstić information content (AvgIpc) is 3.20. The maximum absolute atomic E-state index is 12.4. The fourth-order valence-corrected chi connectivity index (χ4v) is 4.18. The molecule has 0 fully saturated rings. The van der Waals surface area contributed by atoms with Gasteiger partial charge in [0.25, 0.3) is 5.91 Å². The van der Waals surface area contributed by atoms with Crippen LogP contribution in [0.4, 0.5) is 5.13 Å². The predicted molar refractivity (Wildman–Crippen MR) is 118 cm³/mol. The van der Waals surface area contributed by atoms with E-state index in [1.807, 2.05) is 41.8 Å². The van der Waals surface area contributed by atoms with E-state index in [1.54, 1.807) is 14.0 Å². The van der Waals surface area contributed by atoms with Crippen LogP contribution >= 0.6 is 11.3 Å². The van der Waals surface area contributed by atoms with Crippen molar-refractivity contribution < 1.29 is 14.3 Å². The maximum atomic E-state index is 12.4. The monoisotopic (exact) mass is 423 g/mol. The minimum absolute atomic E-state index is 0.208. The van der Waals surface area contributed by atoms with Crippen LogP contribution in [0.1, 0.15) is 23.7 Å². The molecule has 1 aromatic heterocycles. The van der Waals surface area contributed by atoms with Crippen LogP contribution < -0.4 is 14.8 Å². The van der Waals surface area contributed by atoms with Gasteiger partial charge in [0.1, 0.15) is 11.5 Å². The number of ether oxygens (including phenoxy) is 2. The molecule has 1 N–H and O–H groups in total. The Morgan fingerprint density at radius 1 is 1.20 bits per heavy atom. The SMILES string of the molecule is COc1ccc2c(c1)CCN(Cc1csc(NC(=O)C(C)Oc3ccccc3)n1)C2. The average molecular weight is 424 g/mol. The zero-order valence-corrected chi connectivity index (χ0v) is 17.9. The highest BCUT2D eigenvalue weighted by Gasteiger charge is 2.19. The third-order valence-corrected chi connectivity index (χ3v) is 5.90. The van der Waals surface area contributed by atoms with Crippen molar-refractivity contribution >= 4 is 22.4 Å². The molecule has 0 aliphatic carbocycles. The summed E-state index contributed by atoms with van der Waals surface area (Å²) in [5, 5.41) is 5.46. The van der Waals surface area contributed by atoms with E-state index in [0.717, 1.165) is 37.5 Å². The lowest BCUT2D eigenvalue weighted by Crippen LogP contribution is -2.30. The standard InChI is InChI=1S/C23H25N3O3S/c1-16(29-20-6-4-3-5-7-20)22(27)25-23-24-19(15-30-23)14-26-11-10-17-12-21(28-2)9-8-18(17)13-26/h3-9,12,15-16H,10-11,13-14H2,1-2H3,(H,24,25,27). The second kappa shape index (κ2) is 9.28. The normalized spacial score (nSPS) is 14.6. The lowest BCUT2D eigenvalue weighted by molar-refractivity contribution is -0.122. The number of methoxy groups -OCH3 is 1. The van der Waals surface area contributed by atoms with Crippen molar-refractivity contribution in [1.29, 1.82) is 0 Å². The van der Waals surface area contributed by atoms with Crippen LogP contribution in [0.2, 0.25) is 0 Å². The third kappa shape index (κ3) is 4.98. The molecule has 1 unspecified atom stereocenters. The molecule has 7 heteroatoms. The van der Waals surface area contributed by atoms with Gasteiger partial charge in [0.05, 0.1) is 12.8 Å².